The highest BCUT2D eigenvalue weighted by atomic mass is 35.5. The molecule has 1 heterocycles. The molecule has 4 aromatic carbocycles. The summed E-state index contributed by atoms with van der Waals surface area (Å²) in [6.45, 7) is 5.94. The van der Waals surface area contributed by atoms with Crippen molar-refractivity contribution >= 4 is 28.9 Å². The van der Waals surface area contributed by atoms with Crippen LogP contribution in [0.4, 0.5) is 11.4 Å². The van der Waals surface area contributed by atoms with E-state index in [1.165, 1.54) is 10.9 Å². The van der Waals surface area contributed by atoms with Crippen molar-refractivity contribution in [3.8, 4) is 17.2 Å². The number of aromatic nitrogens is 2. The molecule has 1 amide bonds. The number of anilines is 2. The van der Waals surface area contributed by atoms with Gasteiger partial charge in [-0.15, -0.1) is 0 Å². The molecular weight excluding hydrogens is 536 g/mol. The number of ether oxygens (including phenoxy) is 1. The first-order valence-corrected chi connectivity index (χ1v) is 13.5. The predicted octanol–water partition coefficient (Wildman–Crippen LogP) is 7.53. The number of hydrogen-bond acceptors (Lipinski definition) is 5. The Kier molecular flexibility index (Phi) is 8.17. The Balaban J connectivity index is 1.49. The third-order valence-electron chi connectivity index (χ3n) is 6.74. The van der Waals surface area contributed by atoms with Gasteiger partial charge in [-0.2, -0.15) is 9.78 Å². The van der Waals surface area contributed by atoms with E-state index in [-0.39, 0.29) is 23.4 Å². The van der Waals surface area contributed by atoms with Gasteiger partial charge in [-0.25, -0.2) is 0 Å². The fraction of sp³-hybridized carbons (Fsp3) is 0.121. The van der Waals surface area contributed by atoms with E-state index in [4.69, 9.17) is 16.3 Å². The first kappa shape index (κ1) is 27.7. The van der Waals surface area contributed by atoms with Crippen molar-refractivity contribution in [1.82, 2.24) is 15.1 Å². The number of nitrogens with zero attached hydrogens (tertiary/aromatic N) is 2. The van der Waals surface area contributed by atoms with Crippen molar-refractivity contribution in [3.63, 3.8) is 0 Å². The second-order valence-electron chi connectivity index (χ2n) is 9.74. The minimum absolute atomic E-state index is 0.161. The second-order valence-corrected chi connectivity index (χ2v) is 10.2. The van der Waals surface area contributed by atoms with Crippen LogP contribution in [-0.2, 0) is 0 Å². The highest BCUT2D eigenvalue weighted by Gasteiger charge is 2.17. The van der Waals surface area contributed by atoms with Crippen molar-refractivity contribution in [2.45, 2.75) is 26.8 Å². The Morgan fingerprint density at radius 2 is 1.68 bits per heavy atom. The summed E-state index contributed by atoms with van der Waals surface area (Å²) in [4.78, 5) is 26.9. The number of carbonyl (C=O) groups excluding carboxylic acids is 1. The monoisotopic (exact) mass is 564 g/mol. The van der Waals surface area contributed by atoms with E-state index in [1.807, 2.05) is 69.3 Å². The molecule has 1 atom stereocenters. The molecule has 0 unspecified atom stereocenters. The van der Waals surface area contributed by atoms with Crippen LogP contribution in [-0.4, -0.2) is 15.7 Å². The first-order chi connectivity index (χ1) is 19.8. The third-order valence-corrected chi connectivity index (χ3v) is 6.98. The third kappa shape index (κ3) is 6.48. The molecule has 1 aromatic heterocycles. The van der Waals surface area contributed by atoms with Gasteiger partial charge < -0.3 is 15.4 Å². The van der Waals surface area contributed by atoms with Crippen LogP contribution in [0.2, 0.25) is 5.02 Å². The lowest BCUT2D eigenvalue weighted by molar-refractivity contribution is 0.0940. The quantitative estimate of drug-likeness (QED) is 0.203. The van der Waals surface area contributed by atoms with E-state index >= 15 is 0 Å². The highest BCUT2D eigenvalue weighted by Crippen LogP contribution is 2.30. The normalized spacial score (nSPS) is 11.5. The van der Waals surface area contributed by atoms with Crippen molar-refractivity contribution in [1.29, 1.82) is 0 Å². The summed E-state index contributed by atoms with van der Waals surface area (Å²) in [5.41, 5.74) is 4.39. The standard InChI is InChI=1S/C33H29ClN4O3/c1-21-15-16-29(17-22(21)2)41-30-20-35-38(28-14-8-12-26(34)19-28)33(40)31(30)37-27-13-7-11-25(18-27)32(39)36-23(3)24-9-5-4-6-10-24/h4-20,23,37H,1-3H3,(H,36,39)/t23-/m0/s1. The number of halogens is 1. The van der Waals surface area contributed by atoms with Gasteiger partial charge in [-0.3, -0.25) is 9.59 Å². The molecule has 0 aliphatic carbocycles. The van der Waals surface area contributed by atoms with Crippen LogP contribution in [0, 0.1) is 13.8 Å². The minimum Gasteiger partial charge on any atom is -0.453 e. The van der Waals surface area contributed by atoms with Crippen LogP contribution in [0.3, 0.4) is 0 Å². The Morgan fingerprint density at radius 3 is 2.44 bits per heavy atom. The molecule has 0 fully saturated rings. The van der Waals surface area contributed by atoms with Crippen molar-refractivity contribution in [2.24, 2.45) is 0 Å². The number of carbonyl (C=O) groups is 1. The minimum atomic E-state index is -0.443. The summed E-state index contributed by atoms with van der Waals surface area (Å²) in [6.07, 6.45) is 1.48. The molecule has 206 valence electrons. The summed E-state index contributed by atoms with van der Waals surface area (Å²) in [5, 5.41) is 11.0. The van der Waals surface area contributed by atoms with Gasteiger partial charge in [0.15, 0.2) is 11.4 Å². The van der Waals surface area contributed by atoms with Gasteiger partial charge in [0.05, 0.1) is 17.9 Å². The lowest BCUT2D eigenvalue weighted by Gasteiger charge is -2.16. The molecule has 0 bridgehead atoms. The lowest BCUT2D eigenvalue weighted by Crippen LogP contribution is -2.26. The number of rotatable bonds is 8. The zero-order valence-corrected chi connectivity index (χ0v) is 23.6. The number of aryl methyl sites for hydroxylation is 2. The molecule has 2 N–H and O–H groups in total. The zero-order chi connectivity index (χ0) is 28.9. The van der Waals surface area contributed by atoms with Gasteiger partial charge in [0.1, 0.15) is 5.75 Å². The van der Waals surface area contributed by atoms with Gasteiger partial charge in [0, 0.05) is 16.3 Å². The number of nitrogens with one attached hydrogen (secondary N) is 2. The fourth-order valence-corrected chi connectivity index (χ4v) is 4.50. The maximum absolute atomic E-state index is 13.8. The van der Waals surface area contributed by atoms with E-state index in [0.717, 1.165) is 16.7 Å². The van der Waals surface area contributed by atoms with Crippen LogP contribution >= 0.6 is 11.6 Å². The Hall–Kier alpha value is -4.88. The largest absolute Gasteiger partial charge is 0.453 e. The average molecular weight is 565 g/mol. The van der Waals surface area contributed by atoms with Gasteiger partial charge in [0.2, 0.25) is 0 Å². The molecule has 5 rings (SSSR count). The van der Waals surface area contributed by atoms with Crippen LogP contribution in [0.5, 0.6) is 11.5 Å². The summed E-state index contributed by atoms with van der Waals surface area (Å²) in [7, 11) is 0. The van der Waals surface area contributed by atoms with E-state index in [9.17, 15) is 9.59 Å². The molecule has 0 radical (unpaired) electrons. The SMILES string of the molecule is Cc1ccc(Oc2cnn(-c3cccc(Cl)c3)c(=O)c2Nc2cccc(C(=O)N[C@@H](C)c3ccccc3)c2)cc1C. The van der Waals surface area contributed by atoms with E-state index in [0.29, 0.717) is 27.7 Å². The number of hydrogen-bond donors (Lipinski definition) is 2. The molecule has 41 heavy (non-hydrogen) atoms. The molecule has 7 nitrogen and oxygen atoms in total. The van der Waals surface area contributed by atoms with Gasteiger partial charge >= 0.3 is 0 Å². The van der Waals surface area contributed by atoms with Crippen LogP contribution < -0.4 is 20.9 Å². The highest BCUT2D eigenvalue weighted by molar-refractivity contribution is 6.30. The zero-order valence-electron chi connectivity index (χ0n) is 22.9. The van der Waals surface area contributed by atoms with Crippen molar-refractivity contribution in [2.75, 3.05) is 5.32 Å². The average Bonchev–Trinajstić information content (AvgIpc) is 2.97. The van der Waals surface area contributed by atoms with Crippen LogP contribution in [0.25, 0.3) is 5.69 Å². The number of amides is 1. The first-order valence-electron chi connectivity index (χ1n) is 13.1. The number of benzene rings is 4. The Labute approximate surface area is 243 Å². The molecule has 8 heteroatoms. The topological polar surface area (TPSA) is 85.2 Å². The van der Waals surface area contributed by atoms with Gasteiger partial charge in [0.25, 0.3) is 11.5 Å². The van der Waals surface area contributed by atoms with E-state index in [1.54, 1.807) is 48.5 Å². The molecule has 0 aliphatic rings. The van der Waals surface area contributed by atoms with Gasteiger partial charge in [-0.1, -0.05) is 60.1 Å². The lowest BCUT2D eigenvalue weighted by atomic mass is 10.1. The maximum Gasteiger partial charge on any atom is 0.299 e. The van der Waals surface area contributed by atoms with E-state index < -0.39 is 5.56 Å². The van der Waals surface area contributed by atoms with Crippen molar-refractivity contribution < 1.29 is 9.53 Å². The van der Waals surface area contributed by atoms with Crippen LogP contribution in [0.15, 0.2) is 108 Å². The molecule has 5 aromatic rings. The molecule has 0 saturated carbocycles. The molecule has 0 aliphatic heterocycles. The summed E-state index contributed by atoms with van der Waals surface area (Å²) in [5.74, 6) is 0.577. The van der Waals surface area contributed by atoms with Crippen molar-refractivity contribution in [3.05, 3.63) is 141 Å². The maximum atomic E-state index is 13.8. The van der Waals surface area contributed by atoms with E-state index in [2.05, 4.69) is 15.7 Å². The Bertz CT molecular complexity index is 1770. The second kappa shape index (κ2) is 12.1. The van der Waals surface area contributed by atoms with Gasteiger partial charge in [-0.05, 0) is 86.0 Å². The van der Waals surface area contributed by atoms with Crippen LogP contribution in [0.1, 0.15) is 40.0 Å². The molecule has 0 saturated heterocycles. The smallest absolute Gasteiger partial charge is 0.299 e. The predicted molar refractivity (Wildman–Crippen MR) is 163 cm³/mol. The molecular formula is C33H29ClN4O3. The summed E-state index contributed by atoms with van der Waals surface area (Å²) in [6, 6.07) is 29.1. The molecule has 0 spiro atoms. The fourth-order valence-electron chi connectivity index (χ4n) is 4.31. The summed E-state index contributed by atoms with van der Waals surface area (Å²) >= 11 is 6.18. The Morgan fingerprint density at radius 1 is 0.902 bits per heavy atom. The summed E-state index contributed by atoms with van der Waals surface area (Å²) < 4.78 is 7.40.